The molecule has 3 saturated carbocycles. The van der Waals surface area contributed by atoms with Crippen molar-refractivity contribution in [1.82, 2.24) is 0 Å². The summed E-state index contributed by atoms with van der Waals surface area (Å²) < 4.78 is 24.2. The van der Waals surface area contributed by atoms with Gasteiger partial charge < -0.3 is 29.2 Å². The van der Waals surface area contributed by atoms with Gasteiger partial charge in [0.25, 0.3) is 6.48 Å². The Hall–Kier alpha value is -0.500. The highest BCUT2D eigenvalue weighted by atomic mass is 16.8. The first-order valence-corrected chi connectivity index (χ1v) is 11.6. The largest absolute Gasteiger partial charge is 0.390 e. The highest BCUT2D eigenvalue weighted by molar-refractivity contribution is 5.32. The molecule has 0 aromatic rings. The monoisotopic (exact) mass is 406 g/mol. The molecule has 6 nitrogen and oxygen atoms in total. The van der Waals surface area contributed by atoms with Crippen molar-refractivity contribution >= 4 is 0 Å². The molecule has 2 bridgehead atoms. The van der Waals surface area contributed by atoms with Crippen LogP contribution < -0.4 is 0 Å². The zero-order valence-electron chi connectivity index (χ0n) is 17.3. The lowest BCUT2D eigenvalue weighted by Gasteiger charge is -2.58. The predicted molar refractivity (Wildman–Crippen MR) is 104 cm³/mol. The van der Waals surface area contributed by atoms with Crippen LogP contribution in [0.25, 0.3) is 0 Å². The summed E-state index contributed by atoms with van der Waals surface area (Å²) in [4.78, 5) is 0. The predicted octanol–water partition coefficient (Wildman–Crippen LogP) is 2.72. The van der Waals surface area contributed by atoms with E-state index in [1.807, 2.05) is 0 Å². The third-order valence-corrected chi connectivity index (χ3v) is 9.54. The van der Waals surface area contributed by atoms with Gasteiger partial charge in [-0.15, -0.1) is 0 Å². The number of allylic oxidation sites excluding steroid dienone is 1. The van der Waals surface area contributed by atoms with Crippen LogP contribution in [-0.4, -0.2) is 54.0 Å². The molecule has 6 heteroatoms. The molecule has 0 amide bonds. The fraction of sp³-hybridized carbons (Fsp3) is 0.913. The van der Waals surface area contributed by atoms with Crippen LogP contribution in [0.2, 0.25) is 0 Å². The number of aliphatic hydroxyl groups excluding tert-OH is 2. The molecule has 162 valence electrons. The standard InChI is InChI=1S/C23H34O6/c1-21-7-6-17-15-3-2-14-12-22(27-10-11-28-22)8-9-23(14,17)29-20(25)26-13-19(24)18(21)5-4-16(15)21/h6,14-16,18-20,24-25H,2-5,7-13H2,1H3/t14?,15-,16-,18+,19?,20?,21-,23+/m0/s1. The average Bonchev–Trinajstić information content (AvgIpc) is 3.30. The summed E-state index contributed by atoms with van der Waals surface area (Å²) in [6.45, 7) is 2.52. The van der Waals surface area contributed by atoms with E-state index in [0.717, 1.165) is 44.9 Å². The maximum atomic E-state index is 10.9. The van der Waals surface area contributed by atoms with Crippen molar-refractivity contribution in [1.29, 1.82) is 0 Å². The molecule has 29 heavy (non-hydrogen) atoms. The van der Waals surface area contributed by atoms with Gasteiger partial charge in [-0.2, -0.15) is 0 Å². The van der Waals surface area contributed by atoms with Crippen molar-refractivity contribution in [2.75, 3.05) is 19.8 Å². The number of rotatable bonds is 0. The summed E-state index contributed by atoms with van der Waals surface area (Å²) in [6, 6.07) is 0. The molecule has 4 aliphatic carbocycles. The summed E-state index contributed by atoms with van der Waals surface area (Å²) in [5.41, 5.74) is 0.995. The van der Waals surface area contributed by atoms with Crippen LogP contribution in [0.1, 0.15) is 58.3 Å². The molecule has 2 spiro atoms. The maximum Gasteiger partial charge on any atom is 0.270 e. The fourth-order valence-corrected chi connectivity index (χ4v) is 8.24. The highest BCUT2D eigenvalue weighted by Crippen LogP contribution is 2.65. The quantitative estimate of drug-likeness (QED) is 0.603. The van der Waals surface area contributed by atoms with E-state index in [9.17, 15) is 10.2 Å². The number of ether oxygens (including phenoxy) is 4. The molecule has 1 saturated heterocycles. The van der Waals surface area contributed by atoms with E-state index in [2.05, 4.69) is 13.0 Å². The van der Waals surface area contributed by atoms with Crippen molar-refractivity contribution in [2.24, 2.45) is 29.1 Å². The second-order valence-electron chi connectivity index (χ2n) is 10.6. The lowest BCUT2D eigenvalue weighted by molar-refractivity contribution is -0.335. The topological polar surface area (TPSA) is 77.4 Å². The zero-order valence-corrected chi connectivity index (χ0v) is 17.3. The van der Waals surface area contributed by atoms with Gasteiger partial charge in [-0.1, -0.05) is 13.0 Å². The van der Waals surface area contributed by atoms with Crippen LogP contribution in [0, 0.1) is 29.1 Å². The van der Waals surface area contributed by atoms with Crippen molar-refractivity contribution in [3.8, 4) is 0 Å². The Kier molecular flexibility index (Phi) is 4.31. The van der Waals surface area contributed by atoms with Crippen LogP contribution in [0.3, 0.4) is 0 Å². The Bertz CT molecular complexity index is 701. The van der Waals surface area contributed by atoms with Crippen LogP contribution in [-0.2, 0) is 18.9 Å². The third-order valence-electron chi connectivity index (χ3n) is 9.54. The van der Waals surface area contributed by atoms with Crippen molar-refractivity contribution in [3.05, 3.63) is 11.6 Å². The van der Waals surface area contributed by atoms with Crippen LogP contribution in [0.15, 0.2) is 11.6 Å². The Morgan fingerprint density at radius 1 is 1.00 bits per heavy atom. The molecule has 6 rings (SSSR count). The van der Waals surface area contributed by atoms with Crippen LogP contribution in [0.4, 0.5) is 0 Å². The first-order valence-electron chi connectivity index (χ1n) is 11.6. The molecule has 8 atom stereocenters. The van der Waals surface area contributed by atoms with Gasteiger partial charge in [0.2, 0.25) is 0 Å². The van der Waals surface area contributed by atoms with E-state index < -0.39 is 24.0 Å². The van der Waals surface area contributed by atoms with Crippen molar-refractivity contribution in [3.63, 3.8) is 0 Å². The van der Waals surface area contributed by atoms with Crippen molar-refractivity contribution in [2.45, 2.75) is 82.3 Å². The van der Waals surface area contributed by atoms with Crippen LogP contribution in [0.5, 0.6) is 0 Å². The van der Waals surface area contributed by atoms with E-state index in [4.69, 9.17) is 18.9 Å². The van der Waals surface area contributed by atoms with Gasteiger partial charge in [-0.05, 0) is 73.2 Å². The number of hydrogen-bond acceptors (Lipinski definition) is 6. The molecule has 0 aromatic heterocycles. The number of fused-ring (bicyclic) bond motifs is 2. The van der Waals surface area contributed by atoms with E-state index in [0.29, 0.717) is 25.0 Å². The molecule has 4 fully saturated rings. The van der Waals surface area contributed by atoms with E-state index in [-0.39, 0.29) is 23.9 Å². The molecule has 2 heterocycles. The minimum Gasteiger partial charge on any atom is -0.390 e. The minimum atomic E-state index is -1.31. The second kappa shape index (κ2) is 6.50. The third kappa shape index (κ3) is 2.63. The Morgan fingerprint density at radius 2 is 1.79 bits per heavy atom. The van der Waals surface area contributed by atoms with E-state index in [1.165, 1.54) is 12.0 Å². The number of hydrogen-bond donors (Lipinski definition) is 2. The van der Waals surface area contributed by atoms with Crippen molar-refractivity contribution < 1.29 is 29.2 Å². The minimum absolute atomic E-state index is 0.105. The Morgan fingerprint density at radius 3 is 2.62 bits per heavy atom. The molecule has 0 aromatic carbocycles. The summed E-state index contributed by atoms with van der Waals surface area (Å²) in [6.07, 6.45) is 9.66. The molecule has 3 unspecified atom stereocenters. The molecular weight excluding hydrogens is 372 g/mol. The van der Waals surface area contributed by atoms with Gasteiger partial charge in [-0.3, -0.25) is 0 Å². The first-order chi connectivity index (χ1) is 14.0. The molecule has 0 radical (unpaired) electrons. The van der Waals surface area contributed by atoms with Gasteiger partial charge in [-0.25, -0.2) is 0 Å². The van der Waals surface area contributed by atoms with Gasteiger partial charge >= 0.3 is 0 Å². The van der Waals surface area contributed by atoms with E-state index in [1.54, 1.807) is 0 Å². The lowest BCUT2D eigenvalue weighted by atomic mass is 9.51. The van der Waals surface area contributed by atoms with Gasteiger partial charge in [0.05, 0.1) is 31.5 Å². The highest BCUT2D eigenvalue weighted by Gasteiger charge is 2.63. The SMILES string of the molecule is C[C@@]12CC=C3[C@H]4CCC5CC6(CC[C@]35OC(O)OCC(O)[C@H]1CC[C@@H]42)OCCO6. The molecule has 6 aliphatic rings. The van der Waals surface area contributed by atoms with E-state index >= 15 is 0 Å². The molecular formula is C23H34O6. The first kappa shape index (κ1) is 19.2. The lowest BCUT2D eigenvalue weighted by Crippen LogP contribution is -2.59. The summed E-state index contributed by atoms with van der Waals surface area (Å²) in [7, 11) is 0. The zero-order chi connectivity index (χ0) is 19.9. The number of aliphatic hydroxyl groups is 2. The maximum absolute atomic E-state index is 10.9. The van der Waals surface area contributed by atoms with Gasteiger partial charge in [0, 0.05) is 12.8 Å². The molecule has 2 N–H and O–H groups in total. The smallest absolute Gasteiger partial charge is 0.270 e. The summed E-state index contributed by atoms with van der Waals surface area (Å²) in [5, 5.41) is 21.5. The normalized spacial score (nSPS) is 53.4. The summed E-state index contributed by atoms with van der Waals surface area (Å²) >= 11 is 0. The summed E-state index contributed by atoms with van der Waals surface area (Å²) in [5.74, 6) is 1.06. The van der Waals surface area contributed by atoms with Gasteiger partial charge in [0.1, 0.15) is 0 Å². The molecule has 2 aliphatic heterocycles. The fourth-order valence-electron chi connectivity index (χ4n) is 8.24. The Labute approximate surface area is 172 Å². The average molecular weight is 407 g/mol. The van der Waals surface area contributed by atoms with Gasteiger partial charge in [0.15, 0.2) is 5.79 Å². The Balaban J connectivity index is 1.42. The second-order valence-corrected chi connectivity index (χ2v) is 10.6. The van der Waals surface area contributed by atoms with Crippen LogP contribution >= 0.6 is 0 Å².